The van der Waals surface area contributed by atoms with E-state index in [4.69, 9.17) is 0 Å². The molecule has 0 saturated carbocycles. The monoisotopic (exact) mass is 978 g/mol. The van der Waals surface area contributed by atoms with Crippen molar-refractivity contribution in [1.82, 2.24) is 34.9 Å². The SMILES string of the molecule is O=S(=O)(c1[c-]c(-c2ccccn2)ccc1)c1[c-]c2c(cc1)c1ccc(S(=O)(=O)c3[c-]c(-c4ccccn4)ccc3)[c-]c1n2-c1nncnn1.[Pd+2].[Pt+2]. The summed E-state index contributed by atoms with van der Waals surface area (Å²) in [5.74, 6) is -0.0356. The summed E-state index contributed by atoms with van der Waals surface area (Å²) in [6, 6.07) is 38.4. The van der Waals surface area contributed by atoms with Crippen molar-refractivity contribution in [3.8, 4) is 28.5 Å². The third kappa shape index (κ3) is 6.57. The fourth-order valence-electron chi connectivity index (χ4n) is 5.42. The number of nitrogens with zero attached hydrogens (tertiary/aromatic N) is 7. The van der Waals surface area contributed by atoms with E-state index in [1.807, 2.05) is 0 Å². The quantitative estimate of drug-likeness (QED) is 0.151. The predicted octanol–water partition coefficient (Wildman–Crippen LogP) is 5.35. The van der Waals surface area contributed by atoms with Gasteiger partial charge in [-0.2, -0.15) is 35.0 Å². The second-order valence-corrected chi connectivity index (χ2v) is 14.4. The zero-order valence-electron chi connectivity index (χ0n) is 25.7. The fraction of sp³-hybridized carbons (Fsp3) is 0. The van der Waals surface area contributed by atoms with Gasteiger partial charge in [0.1, 0.15) is 0 Å². The van der Waals surface area contributed by atoms with Gasteiger partial charge in [0.15, 0.2) is 26.0 Å². The van der Waals surface area contributed by atoms with E-state index in [2.05, 4.69) is 54.6 Å². The molecule has 8 aromatic rings. The van der Waals surface area contributed by atoms with Gasteiger partial charge in [0.25, 0.3) is 5.95 Å². The first-order chi connectivity index (χ1) is 23.8. The van der Waals surface area contributed by atoms with E-state index in [1.54, 1.807) is 85.2 Å². The van der Waals surface area contributed by atoms with Crippen LogP contribution in [0.5, 0.6) is 0 Å². The first kappa shape index (κ1) is 36.0. The minimum atomic E-state index is -4.13. The van der Waals surface area contributed by atoms with Crippen LogP contribution in [0.15, 0.2) is 135 Å². The van der Waals surface area contributed by atoms with Crippen molar-refractivity contribution < 1.29 is 58.3 Å². The molecule has 0 amide bonds. The number of pyridine rings is 2. The minimum absolute atomic E-state index is 0. The molecule has 0 aliphatic carbocycles. The minimum Gasteiger partial charge on any atom is -0.326 e. The Kier molecular flexibility index (Phi) is 10.2. The van der Waals surface area contributed by atoms with Crippen LogP contribution in [0.4, 0.5) is 0 Å². The van der Waals surface area contributed by atoms with Crippen LogP contribution < -0.4 is 0 Å². The van der Waals surface area contributed by atoms with Crippen molar-refractivity contribution in [3.05, 3.63) is 140 Å². The summed E-state index contributed by atoms with van der Waals surface area (Å²) in [4.78, 5) is 8.16. The summed E-state index contributed by atoms with van der Waals surface area (Å²) in [5.41, 5.74) is 2.67. The molecule has 0 aliphatic heterocycles. The molecule has 4 heterocycles. The molecule has 254 valence electrons. The molecule has 0 aliphatic rings. The number of aromatic nitrogens is 7. The summed E-state index contributed by atoms with van der Waals surface area (Å²) < 4.78 is 57.2. The third-order valence-electron chi connectivity index (χ3n) is 7.71. The summed E-state index contributed by atoms with van der Waals surface area (Å²) in [7, 11) is -8.26. The van der Waals surface area contributed by atoms with Gasteiger partial charge in [-0.05, 0) is 43.1 Å². The normalized spacial score (nSPS) is 11.5. The standard InChI is InChI=1S/C36H19N7O4S2.Pd.Pt/c44-48(45,26-9-5-7-24(19-26)32-11-1-3-17-37-32)28-13-15-30-31-16-14-29(22-35(31)43(34(30)21-28)36-41-39-23-40-42-36)49(46,47)27-10-6-8-25(20-27)33-12-2-4-18-38-33;;/h1-18,23H;;/q-4;2*+2. The van der Waals surface area contributed by atoms with E-state index >= 15 is 0 Å². The molecular formula is C36H19N7O4PdPtS2. The Bertz CT molecular complexity index is 2590. The van der Waals surface area contributed by atoms with Gasteiger partial charge < -0.3 is 14.5 Å². The Morgan fingerprint density at radius 2 is 0.961 bits per heavy atom. The van der Waals surface area contributed by atoms with Crippen LogP contribution in [0.3, 0.4) is 0 Å². The van der Waals surface area contributed by atoms with Crippen molar-refractivity contribution in [2.75, 3.05) is 0 Å². The largest absolute Gasteiger partial charge is 2.00 e. The van der Waals surface area contributed by atoms with Gasteiger partial charge in [-0.3, -0.25) is 0 Å². The molecule has 0 unspecified atom stereocenters. The van der Waals surface area contributed by atoms with Crippen LogP contribution in [-0.2, 0) is 61.2 Å². The van der Waals surface area contributed by atoms with E-state index < -0.39 is 19.7 Å². The van der Waals surface area contributed by atoms with E-state index in [-0.39, 0.29) is 78.1 Å². The summed E-state index contributed by atoms with van der Waals surface area (Å²) in [5, 5.41) is 17.0. The van der Waals surface area contributed by atoms with Crippen LogP contribution in [0.1, 0.15) is 0 Å². The zero-order valence-corrected chi connectivity index (χ0v) is 31.1. The van der Waals surface area contributed by atoms with Gasteiger partial charge in [0.2, 0.25) is 0 Å². The van der Waals surface area contributed by atoms with Crippen molar-refractivity contribution in [2.24, 2.45) is 0 Å². The zero-order chi connectivity index (χ0) is 33.6. The molecule has 0 bridgehead atoms. The third-order valence-corrected chi connectivity index (χ3v) is 11.0. The van der Waals surface area contributed by atoms with Crippen molar-refractivity contribution in [1.29, 1.82) is 0 Å². The molecule has 4 aromatic carbocycles. The Balaban J connectivity index is 0.00000224. The molecule has 0 fully saturated rings. The molecular weight excluding hydrogens is 960 g/mol. The number of hydrogen-bond acceptors (Lipinski definition) is 10. The molecule has 8 rings (SSSR count). The van der Waals surface area contributed by atoms with Crippen molar-refractivity contribution >= 4 is 41.5 Å². The first-order valence-corrected chi connectivity index (χ1v) is 17.6. The maximum absolute atomic E-state index is 14.0. The maximum Gasteiger partial charge on any atom is 2.00 e. The molecule has 15 heteroatoms. The van der Waals surface area contributed by atoms with Crippen LogP contribution in [0, 0.1) is 24.3 Å². The average Bonchev–Trinajstić information content (AvgIpc) is 3.49. The van der Waals surface area contributed by atoms with Crippen LogP contribution in [0.25, 0.3) is 50.3 Å². The van der Waals surface area contributed by atoms with Crippen molar-refractivity contribution in [3.63, 3.8) is 0 Å². The van der Waals surface area contributed by atoms with Gasteiger partial charge in [-0.15, -0.1) is 92.2 Å². The number of hydrogen-bond donors (Lipinski definition) is 0. The topological polar surface area (TPSA) is 151 Å². The number of fused-ring (bicyclic) bond motifs is 3. The van der Waals surface area contributed by atoms with Crippen molar-refractivity contribution in [2.45, 2.75) is 19.6 Å². The second kappa shape index (κ2) is 14.4. The molecule has 4 aromatic heterocycles. The second-order valence-electron chi connectivity index (χ2n) is 10.6. The molecule has 11 nitrogen and oxygen atoms in total. The Hall–Kier alpha value is -4.83. The smallest absolute Gasteiger partial charge is 0.326 e. The number of rotatable bonds is 7. The van der Waals surface area contributed by atoms with Crippen LogP contribution in [0.2, 0.25) is 0 Å². The van der Waals surface area contributed by atoms with Gasteiger partial charge >= 0.3 is 41.5 Å². The van der Waals surface area contributed by atoms with E-state index in [9.17, 15) is 16.8 Å². The Labute approximate surface area is 320 Å². The Morgan fingerprint density at radius 3 is 1.39 bits per heavy atom. The predicted molar refractivity (Wildman–Crippen MR) is 178 cm³/mol. The van der Waals surface area contributed by atoms with Crippen LogP contribution >= 0.6 is 0 Å². The van der Waals surface area contributed by atoms with E-state index in [0.717, 1.165) is 6.33 Å². The molecule has 51 heavy (non-hydrogen) atoms. The number of benzene rings is 4. The molecule has 0 radical (unpaired) electrons. The summed E-state index contributed by atoms with van der Waals surface area (Å²) >= 11 is 0. The van der Waals surface area contributed by atoms with E-state index in [1.165, 1.54) is 28.8 Å². The van der Waals surface area contributed by atoms with Gasteiger partial charge in [0.05, 0.1) is 0 Å². The average molecular weight is 979 g/mol. The molecule has 0 spiro atoms. The van der Waals surface area contributed by atoms with Gasteiger partial charge in [-0.25, -0.2) is 16.8 Å². The first-order valence-electron chi connectivity index (χ1n) is 14.6. The van der Waals surface area contributed by atoms with Gasteiger partial charge in [-0.1, -0.05) is 35.3 Å². The Morgan fingerprint density at radius 1 is 0.510 bits per heavy atom. The summed E-state index contributed by atoms with van der Waals surface area (Å²) in [6.45, 7) is 0. The fourth-order valence-corrected chi connectivity index (χ4v) is 7.85. The van der Waals surface area contributed by atoms with E-state index in [0.29, 0.717) is 33.3 Å². The molecule has 0 atom stereocenters. The summed E-state index contributed by atoms with van der Waals surface area (Å²) in [6.07, 6.45) is 4.38. The molecule has 0 N–H and O–H groups in total. The van der Waals surface area contributed by atoms with Crippen LogP contribution in [-0.4, -0.2) is 51.8 Å². The molecule has 0 saturated heterocycles. The number of sulfone groups is 2. The van der Waals surface area contributed by atoms with Gasteiger partial charge in [0, 0.05) is 12.4 Å². The maximum atomic E-state index is 14.0.